The molecule has 0 aliphatic heterocycles. The third kappa shape index (κ3) is 8.07. The lowest BCUT2D eigenvalue weighted by Crippen LogP contribution is -2.41. The van der Waals surface area contributed by atoms with Gasteiger partial charge < -0.3 is 10.1 Å². The topological polar surface area (TPSA) is 93.5 Å². The highest BCUT2D eigenvalue weighted by Gasteiger charge is 2.32. The highest BCUT2D eigenvalue weighted by atomic mass is 35.5. The van der Waals surface area contributed by atoms with Crippen LogP contribution in [0.15, 0.2) is 47.4 Å². The molecule has 0 aliphatic carbocycles. The van der Waals surface area contributed by atoms with Gasteiger partial charge >= 0.3 is 0 Å². The maximum absolute atomic E-state index is 13.3. The molecule has 0 radical (unpaired) electrons. The van der Waals surface area contributed by atoms with Crippen molar-refractivity contribution in [3.63, 3.8) is 0 Å². The van der Waals surface area contributed by atoms with Crippen LogP contribution in [0.3, 0.4) is 0 Å². The van der Waals surface area contributed by atoms with Crippen molar-refractivity contribution in [2.75, 3.05) is 40.1 Å². The lowest BCUT2D eigenvalue weighted by atomic mass is 10.1. The van der Waals surface area contributed by atoms with Gasteiger partial charge in [0.05, 0.1) is 29.6 Å². The summed E-state index contributed by atoms with van der Waals surface area (Å²) in [7, 11) is -0.311. The number of sulfone groups is 1. The summed E-state index contributed by atoms with van der Waals surface area (Å²) in [6, 6.07) is 11.8. The maximum Gasteiger partial charge on any atom is 0.273 e. The zero-order valence-corrected chi connectivity index (χ0v) is 25.1. The predicted octanol–water partition coefficient (Wildman–Crippen LogP) is 4.71. The Morgan fingerprint density at radius 1 is 1.15 bits per heavy atom. The van der Waals surface area contributed by atoms with Gasteiger partial charge in [-0.25, -0.2) is 13.1 Å². The first-order valence-electron chi connectivity index (χ1n) is 12.1. The number of hydrogen-bond acceptors (Lipinski definition) is 6. The van der Waals surface area contributed by atoms with E-state index in [9.17, 15) is 13.2 Å². The standard InChI is InChI=1S/C28H32Cl2N4O4S/c1-28(2,3)31-27(35)24-26(39(6,36)37)25(20-10-12-21(29)13-11-20)34(32-24)23-14-9-19(18-22(23)30)8-7-15-33(4)16-17-38-5/h9-14,18H,15-17H2,1-6H3,(H,31,35). The first-order chi connectivity index (χ1) is 18.2. The van der Waals surface area contributed by atoms with Crippen molar-refractivity contribution in [2.24, 2.45) is 0 Å². The molecule has 0 spiro atoms. The van der Waals surface area contributed by atoms with Gasteiger partial charge in [-0.1, -0.05) is 47.2 Å². The molecular weight excluding hydrogens is 559 g/mol. The van der Waals surface area contributed by atoms with Gasteiger partial charge in [0.2, 0.25) is 0 Å². The fourth-order valence-corrected chi connectivity index (χ4v) is 5.12. The lowest BCUT2D eigenvalue weighted by molar-refractivity contribution is 0.0910. The Hall–Kier alpha value is -2.87. The molecule has 0 fully saturated rings. The minimum atomic E-state index is -3.91. The molecular formula is C28H32Cl2N4O4S. The summed E-state index contributed by atoms with van der Waals surface area (Å²) in [5, 5.41) is 8.06. The van der Waals surface area contributed by atoms with E-state index in [1.54, 1.807) is 70.3 Å². The van der Waals surface area contributed by atoms with Crippen LogP contribution in [0.1, 0.15) is 36.8 Å². The lowest BCUT2D eigenvalue weighted by Gasteiger charge is -2.19. The van der Waals surface area contributed by atoms with Crippen LogP contribution in [0.25, 0.3) is 16.9 Å². The second kappa shape index (κ2) is 12.5. The predicted molar refractivity (Wildman–Crippen MR) is 156 cm³/mol. The Morgan fingerprint density at radius 2 is 1.82 bits per heavy atom. The number of methoxy groups -OCH3 is 1. The molecule has 0 bridgehead atoms. The van der Waals surface area contributed by atoms with E-state index in [-0.39, 0.29) is 21.3 Å². The van der Waals surface area contributed by atoms with Crippen molar-refractivity contribution in [3.05, 3.63) is 63.8 Å². The van der Waals surface area contributed by atoms with Crippen LogP contribution in [0, 0.1) is 11.8 Å². The molecule has 3 rings (SSSR count). The molecule has 0 saturated carbocycles. The van der Waals surface area contributed by atoms with Crippen molar-refractivity contribution < 1.29 is 17.9 Å². The van der Waals surface area contributed by atoms with Crippen molar-refractivity contribution in [3.8, 4) is 28.8 Å². The summed E-state index contributed by atoms with van der Waals surface area (Å²) in [4.78, 5) is 15.1. The summed E-state index contributed by atoms with van der Waals surface area (Å²) >= 11 is 12.8. The van der Waals surface area contributed by atoms with Gasteiger partial charge in [0.15, 0.2) is 15.5 Å². The number of likely N-dealkylation sites (N-methyl/N-ethyl adjacent to an activating group) is 1. The quantitative estimate of drug-likeness (QED) is 0.382. The number of hydrogen-bond donors (Lipinski definition) is 1. The molecule has 8 nitrogen and oxygen atoms in total. The van der Waals surface area contributed by atoms with Crippen molar-refractivity contribution in [1.29, 1.82) is 0 Å². The molecule has 208 valence electrons. The van der Waals surface area contributed by atoms with Crippen LogP contribution < -0.4 is 5.32 Å². The number of carbonyl (C=O) groups excluding carboxylic acids is 1. The fourth-order valence-electron chi connectivity index (χ4n) is 3.70. The largest absolute Gasteiger partial charge is 0.383 e. The number of benzene rings is 2. The molecule has 1 heterocycles. The minimum Gasteiger partial charge on any atom is -0.383 e. The Morgan fingerprint density at radius 3 is 2.38 bits per heavy atom. The molecule has 0 saturated heterocycles. The Balaban J connectivity index is 2.17. The van der Waals surface area contributed by atoms with Gasteiger partial charge in [0.25, 0.3) is 5.91 Å². The number of rotatable bonds is 8. The Bertz CT molecular complexity index is 1520. The second-order valence-electron chi connectivity index (χ2n) is 10.1. The number of amides is 1. The number of nitrogens with one attached hydrogen (secondary N) is 1. The summed E-state index contributed by atoms with van der Waals surface area (Å²) in [6.45, 7) is 7.32. The molecule has 11 heteroatoms. The van der Waals surface area contributed by atoms with Gasteiger partial charge in [-0.05, 0) is 58.2 Å². The Labute approximate surface area is 240 Å². The van der Waals surface area contributed by atoms with Gasteiger partial charge in [0.1, 0.15) is 4.90 Å². The first-order valence-corrected chi connectivity index (χ1v) is 14.7. The van der Waals surface area contributed by atoms with E-state index < -0.39 is 21.3 Å². The number of ether oxygens (including phenoxy) is 1. The zero-order valence-electron chi connectivity index (χ0n) is 22.8. The summed E-state index contributed by atoms with van der Waals surface area (Å²) in [6.07, 6.45) is 1.05. The smallest absolute Gasteiger partial charge is 0.273 e. The molecule has 0 atom stereocenters. The van der Waals surface area contributed by atoms with Crippen LogP contribution in [-0.4, -0.2) is 74.7 Å². The highest BCUT2D eigenvalue weighted by Crippen LogP contribution is 2.35. The number of halogens is 2. The van der Waals surface area contributed by atoms with Gasteiger partial charge in [0, 0.05) is 41.6 Å². The van der Waals surface area contributed by atoms with E-state index in [4.69, 9.17) is 27.9 Å². The Kier molecular flexibility index (Phi) is 9.86. The van der Waals surface area contributed by atoms with Crippen molar-refractivity contribution in [2.45, 2.75) is 31.2 Å². The first kappa shape index (κ1) is 30.7. The van der Waals surface area contributed by atoms with Crippen LogP contribution in [0.4, 0.5) is 0 Å². The minimum absolute atomic E-state index is 0.203. The van der Waals surface area contributed by atoms with E-state index in [2.05, 4.69) is 22.3 Å². The van der Waals surface area contributed by atoms with Crippen LogP contribution in [0.5, 0.6) is 0 Å². The molecule has 0 aliphatic rings. The second-order valence-corrected chi connectivity index (χ2v) is 12.9. The monoisotopic (exact) mass is 590 g/mol. The molecule has 1 amide bonds. The molecule has 0 unspecified atom stereocenters. The number of nitrogens with zero attached hydrogens (tertiary/aromatic N) is 3. The zero-order chi connectivity index (χ0) is 29.0. The average Bonchev–Trinajstić information content (AvgIpc) is 3.23. The number of aromatic nitrogens is 2. The van der Waals surface area contributed by atoms with E-state index in [1.165, 1.54) is 4.68 Å². The van der Waals surface area contributed by atoms with Gasteiger partial charge in [-0.15, -0.1) is 0 Å². The SMILES string of the molecule is COCCN(C)CC#Cc1ccc(-n2nc(C(=O)NC(C)(C)C)c(S(C)(=O)=O)c2-c2ccc(Cl)cc2)c(Cl)c1. The van der Waals surface area contributed by atoms with E-state index in [0.717, 1.165) is 12.8 Å². The normalized spacial score (nSPS) is 11.8. The van der Waals surface area contributed by atoms with E-state index >= 15 is 0 Å². The summed E-state index contributed by atoms with van der Waals surface area (Å²) in [5.74, 6) is 5.57. The third-order valence-electron chi connectivity index (χ3n) is 5.47. The van der Waals surface area contributed by atoms with Crippen molar-refractivity contribution >= 4 is 38.9 Å². The average molecular weight is 592 g/mol. The fraction of sp³-hybridized carbons (Fsp3) is 0.357. The van der Waals surface area contributed by atoms with Crippen LogP contribution >= 0.6 is 23.2 Å². The molecule has 1 N–H and O–H groups in total. The molecule has 1 aromatic heterocycles. The van der Waals surface area contributed by atoms with Crippen LogP contribution in [0.2, 0.25) is 10.0 Å². The highest BCUT2D eigenvalue weighted by molar-refractivity contribution is 7.91. The third-order valence-corrected chi connectivity index (χ3v) is 7.15. The van der Waals surface area contributed by atoms with Gasteiger partial charge in [-0.2, -0.15) is 5.10 Å². The van der Waals surface area contributed by atoms with Gasteiger partial charge in [-0.3, -0.25) is 9.69 Å². The van der Waals surface area contributed by atoms with Crippen LogP contribution in [-0.2, 0) is 14.6 Å². The summed E-state index contributed by atoms with van der Waals surface area (Å²) < 4.78 is 32.6. The molecule has 39 heavy (non-hydrogen) atoms. The van der Waals surface area contributed by atoms with Crippen molar-refractivity contribution in [1.82, 2.24) is 20.0 Å². The van der Waals surface area contributed by atoms with E-state index in [1.807, 2.05) is 11.9 Å². The molecule has 2 aromatic carbocycles. The summed E-state index contributed by atoms with van der Waals surface area (Å²) in [5.41, 5.74) is 0.930. The molecule has 3 aromatic rings. The maximum atomic E-state index is 13.3. The number of carbonyl (C=O) groups is 1. The van der Waals surface area contributed by atoms with E-state index in [0.29, 0.717) is 35.0 Å².